The van der Waals surface area contributed by atoms with Crippen LogP contribution >= 0.6 is 11.6 Å². The quantitative estimate of drug-likeness (QED) is 0.660. The number of nitrogens with zero attached hydrogens (tertiary/aromatic N) is 1. The molecule has 0 saturated heterocycles. The number of amides is 2. The van der Waals surface area contributed by atoms with Gasteiger partial charge in [0, 0.05) is 7.05 Å². The molecule has 0 aromatic heterocycles. The molecule has 0 aliphatic carbocycles. The monoisotopic (exact) mass is 420 g/mol. The highest BCUT2D eigenvalue weighted by Gasteiger charge is 2.20. The fraction of sp³-hybridized carbons (Fsp3) is 0.250. The molecule has 154 valence electrons. The second-order valence-corrected chi connectivity index (χ2v) is 6.30. The molecule has 0 aliphatic heterocycles. The number of ether oxygens (including phenoxy) is 3. The molecular formula is C20H21ClN2O6. The summed E-state index contributed by atoms with van der Waals surface area (Å²) in [6.07, 6.45) is 0. The molecule has 29 heavy (non-hydrogen) atoms. The Hall–Kier alpha value is -3.26. The number of halogens is 1. The van der Waals surface area contributed by atoms with Gasteiger partial charge in [0.05, 0.1) is 31.5 Å². The van der Waals surface area contributed by atoms with Crippen LogP contribution in [0.25, 0.3) is 0 Å². The zero-order chi connectivity index (χ0) is 21.4. The predicted octanol–water partition coefficient (Wildman–Crippen LogP) is 2.61. The van der Waals surface area contributed by atoms with E-state index >= 15 is 0 Å². The minimum absolute atomic E-state index is 0.124. The first-order valence-electron chi connectivity index (χ1n) is 8.53. The second kappa shape index (κ2) is 10.3. The van der Waals surface area contributed by atoms with Crippen molar-refractivity contribution in [1.29, 1.82) is 0 Å². The van der Waals surface area contributed by atoms with Crippen LogP contribution in [0.3, 0.4) is 0 Å². The predicted molar refractivity (Wildman–Crippen MR) is 108 cm³/mol. The Labute approximate surface area is 173 Å². The maximum absolute atomic E-state index is 12.3. The maximum Gasteiger partial charge on any atom is 0.342 e. The van der Waals surface area contributed by atoms with Crippen molar-refractivity contribution in [3.8, 4) is 11.5 Å². The van der Waals surface area contributed by atoms with Crippen LogP contribution in [-0.4, -0.2) is 57.1 Å². The number of methoxy groups -OCH3 is 2. The van der Waals surface area contributed by atoms with Crippen molar-refractivity contribution >= 4 is 35.1 Å². The number of esters is 1. The molecule has 9 heteroatoms. The van der Waals surface area contributed by atoms with Gasteiger partial charge in [-0.3, -0.25) is 9.59 Å². The molecule has 0 aliphatic rings. The first kappa shape index (κ1) is 22.0. The molecule has 0 bridgehead atoms. The van der Waals surface area contributed by atoms with Crippen LogP contribution in [-0.2, 0) is 14.3 Å². The van der Waals surface area contributed by atoms with E-state index in [4.69, 9.17) is 25.8 Å². The molecule has 0 heterocycles. The SMILES string of the molecule is COc1cccc(C(=O)OCC(=O)N(C)CC(=O)Nc2ccccc2Cl)c1OC. The summed E-state index contributed by atoms with van der Waals surface area (Å²) in [5.74, 6) is -1.16. The average molecular weight is 421 g/mol. The lowest BCUT2D eigenvalue weighted by Gasteiger charge is -2.17. The minimum atomic E-state index is -0.747. The summed E-state index contributed by atoms with van der Waals surface area (Å²) in [5, 5.41) is 3.00. The van der Waals surface area contributed by atoms with E-state index in [-0.39, 0.29) is 17.9 Å². The van der Waals surface area contributed by atoms with Gasteiger partial charge < -0.3 is 24.4 Å². The number of likely N-dealkylation sites (N-methyl/N-ethyl adjacent to an activating group) is 1. The van der Waals surface area contributed by atoms with E-state index in [1.807, 2.05) is 0 Å². The van der Waals surface area contributed by atoms with E-state index in [1.165, 1.54) is 27.3 Å². The van der Waals surface area contributed by atoms with Crippen molar-refractivity contribution in [3.63, 3.8) is 0 Å². The molecule has 2 aromatic carbocycles. The van der Waals surface area contributed by atoms with Crippen molar-refractivity contribution < 1.29 is 28.6 Å². The largest absolute Gasteiger partial charge is 0.493 e. The van der Waals surface area contributed by atoms with Crippen LogP contribution in [0, 0.1) is 0 Å². The minimum Gasteiger partial charge on any atom is -0.493 e. The third-order valence-electron chi connectivity index (χ3n) is 3.90. The van der Waals surface area contributed by atoms with Crippen LogP contribution in [0.1, 0.15) is 10.4 Å². The molecular weight excluding hydrogens is 400 g/mol. The Bertz CT molecular complexity index is 902. The van der Waals surface area contributed by atoms with Gasteiger partial charge in [0.1, 0.15) is 5.56 Å². The third kappa shape index (κ3) is 5.86. The smallest absolute Gasteiger partial charge is 0.342 e. The number of carbonyl (C=O) groups excluding carboxylic acids is 3. The number of para-hydroxylation sites is 2. The molecule has 0 unspecified atom stereocenters. The molecule has 0 spiro atoms. The van der Waals surface area contributed by atoms with E-state index in [1.54, 1.807) is 36.4 Å². The zero-order valence-corrected chi connectivity index (χ0v) is 17.0. The number of anilines is 1. The van der Waals surface area contributed by atoms with Gasteiger partial charge >= 0.3 is 5.97 Å². The summed E-state index contributed by atoms with van der Waals surface area (Å²) in [5.41, 5.74) is 0.565. The highest BCUT2D eigenvalue weighted by molar-refractivity contribution is 6.33. The van der Waals surface area contributed by atoms with Gasteiger partial charge in [-0.2, -0.15) is 0 Å². The summed E-state index contributed by atoms with van der Waals surface area (Å²) in [4.78, 5) is 37.7. The summed E-state index contributed by atoms with van der Waals surface area (Å²) in [6.45, 7) is -0.765. The Morgan fingerprint density at radius 1 is 1.03 bits per heavy atom. The van der Waals surface area contributed by atoms with E-state index in [9.17, 15) is 14.4 Å². The Morgan fingerprint density at radius 2 is 1.76 bits per heavy atom. The van der Waals surface area contributed by atoms with Crippen molar-refractivity contribution in [2.24, 2.45) is 0 Å². The van der Waals surface area contributed by atoms with Crippen molar-refractivity contribution in [3.05, 3.63) is 53.1 Å². The van der Waals surface area contributed by atoms with Crippen LogP contribution in [0.15, 0.2) is 42.5 Å². The number of nitrogens with one attached hydrogen (secondary N) is 1. The lowest BCUT2D eigenvalue weighted by Crippen LogP contribution is -2.37. The molecule has 2 rings (SSSR count). The molecule has 0 atom stereocenters. The lowest BCUT2D eigenvalue weighted by atomic mass is 10.2. The molecule has 8 nitrogen and oxygen atoms in total. The fourth-order valence-corrected chi connectivity index (χ4v) is 2.60. The molecule has 0 saturated carbocycles. The van der Waals surface area contributed by atoms with Gasteiger partial charge in [-0.05, 0) is 24.3 Å². The van der Waals surface area contributed by atoms with Crippen LogP contribution < -0.4 is 14.8 Å². The summed E-state index contributed by atoms with van der Waals surface area (Å²) in [7, 11) is 4.26. The van der Waals surface area contributed by atoms with Gasteiger partial charge in [0.2, 0.25) is 5.91 Å². The van der Waals surface area contributed by atoms with E-state index in [0.717, 1.165) is 4.90 Å². The van der Waals surface area contributed by atoms with Crippen molar-refractivity contribution in [2.75, 3.05) is 39.7 Å². The Balaban J connectivity index is 1.91. The van der Waals surface area contributed by atoms with E-state index in [2.05, 4.69) is 5.32 Å². The molecule has 0 radical (unpaired) electrons. The highest BCUT2D eigenvalue weighted by atomic mass is 35.5. The second-order valence-electron chi connectivity index (χ2n) is 5.90. The molecule has 2 amide bonds. The molecule has 0 fully saturated rings. The topological polar surface area (TPSA) is 94.2 Å². The number of hydrogen-bond donors (Lipinski definition) is 1. The standard InChI is InChI=1S/C20H21ClN2O6/c1-23(11-17(24)22-15-9-5-4-8-14(15)21)18(25)12-29-20(26)13-7-6-10-16(27-2)19(13)28-3/h4-10H,11-12H2,1-3H3,(H,22,24). The van der Waals surface area contributed by atoms with Gasteiger partial charge in [-0.15, -0.1) is 0 Å². The fourth-order valence-electron chi connectivity index (χ4n) is 2.42. The molecule has 2 aromatic rings. The number of benzene rings is 2. The average Bonchev–Trinajstić information content (AvgIpc) is 2.72. The Kier molecular flexibility index (Phi) is 7.85. The first-order chi connectivity index (χ1) is 13.9. The third-order valence-corrected chi connectivity index (χ3v) is 4.23. The van der Waals surface area contributed by atoms with Crippen LogP contribution in [0.2, 0.25) is 5.02 Å². The van der Waals surface area contributed by atoms with Gasteiger partial charge in [-0.25, -0.2) is 4.79 Å². The highest BCUT2D eigenvalue weighted by Crippen LogP contribution is 2.31. The van der Waals surface area contributed by atoms with E-state index < -0.39 is 24.4 Å². The van der Waals surface area contributed by atoms with Gasteiger partial charge in [0.15, 0.2) is 18.1 Å². The number of hydrogen-bond acceptors (Lipinski definition) is 6. The number of rotatable bonds is 8. The van der Waals surface area contributed by atoms with Crippen molar-refractivity contribution in [1.82, 2.24) is 4.90 Å². The maximum atomic E-state index is 12.3. The summed E-state index contributed by atoms with van der Waals surface area (Å²) < 4.78 is 15.4. The van der Waals surface area contributed by atoms with Gasteiger partial charge in [-0.1, -0.05) is 29.8 Å². The summed E-state index contributed by atoms with van der Waals surface area (Å²) >= 11 is 5.98. The van der Waals surface area contributed by atoms with Crippen LogP contribution in [0.4, 0.5) is 5.69 Å². The van der Waals surface area contributed by atoms with Crippen molar-refractivity contribution in [2.45, 2.75) is 0 Å². The van der Waals surface area contributed by atoms with Gasteiger partial charge in [0.25, 0.3) is 5.91 Å². The first-order valence-corrected chi connectivity index (χ1v) is 8.91. The summed E-state index contributed by atoms with van der Waals surface area (Å²) in [6, 6.07) is 11.5. The van der Waals surface area contributed by atoms with Crippen LogP contribution in [0.5, 0.6) is 11.5 Å². The Morgan fingerprint density at radius 3 is 2.41 bits per heavy atom. The lowest BCUT2D eigenvalue weighted by molar-refractivity contribution is -0.136. The zero-order valence-electron chi connectivity index (χ0n) is 16.2. The normalized spacial score (nSPS) is 10.1. The molecule has 1 N–H and O–H groups in total. The van der Waals surface area contributed by atoms with E-state index in [0.29, 0.717) is 16.5 Å². The number of carbonyl (C=O) groups is 3.